The Morgan fingerprint density at radius 1 is 1.20 bits per heavy atom. The van der Waals surface area contributed by atoms with E-state index in [2.05, 4.69) is 32.6 Å². The van der Waals surface area contributed by atoms with Crippen molar-refractivity contribution in [3.63, 3.8) is 0 Å². The summed E-state index contributed by atoms with van der Waals surface area (Å²) < 4.78 is 0. The second kappa shape index (κ2) is 2.61. The molecule has 3 fully saturated rings. The second-order valence-corrected chi connectivity index (χ2v) is 7.38. The minimum Gasteiger partial charge on any atom is -0.303 e. The van der Waals surface area contributed by atoms with Gasteiger partial charge >= 0.3 is 0 Å². The van der Waals surface area contributed by atoms with Crippen molar-refractivity contribution in [3.8, 4) is 0 Å². The molecular formula is C14H25N. The van der Waals surface area contributed by atoms with Gasteiger partial charge in [0, 0.05) is 6.54 Å². The first-order valence-electron chi connectivity index (χ1n) is 6.64. The Morgan fingerprint density at radius 2 is 1.80 bits per heavy atom. The number of likely N-dealkylation sites (tertiary alicyclic amines) is 1. The summed E-state index contributed by atoms with van der Waals surface area (Å²) in [6, 6.07) is 0. The van der Waals surface area contributed by atoms with E-state index in [1.165, 1.54) is 38.9 Å². The van der Waals surface area contributed by atoms with Crippen LogP contribution in [-0.4, -0.2) is 24.5 Å². The average molecular weight is 207 g/mol. The van der Waals surface area contributed by atoms with Crippen LogP contribution in [-0.2, 0) is 0 Å². The van der Waals surface area contributed by atoms with Gasteiger partial charge in [-0.15, -0.1) is 0 Å². The Hall–Kier alpha value is -0.0400. The first kappa shape index (κ1) is 10.1. The summed E-state index contributed by atoms with van der Waals surface area (Å²) in [5.41, 5.74) is 1.93. The Labute approximate surface area is 94.2 Å². The quantitative estimate of drug-likeness (QED) is 0.672. The summed E-state index contributed by atoms with van der Waals surface area (Å²) in [5.74, 6) is 1.06. The molecule has 0 bridgehead atoms. The first-order chi connectivity index (χ1) is 6.92. The number of fused-ring (bicyclic) bond motifs is 1. The largest absolute Gasteiger partial charge is 0.303 e. The van der Waals surface area contributed by atoms with Crippen molar-refractivity contribution in [2.24, 2.45) is 22.2 Å². The Kier molecular flexibility index (Phi) is 1.77. The van der Waals surface area contributed by atoms with Crippen LogP contribution in [0.3, 0.4) is 0 Å². The van der Waals surface area contributed by atoms with Crippen LogP contribution in [0, 0.1) is 22.2 Å². The summed E-state index contributed by atoms with van der Waals surface area (Å²) in [6.07, 6.45) is 4.38. The lowest BCUT2D eigenvalue weighted by Crippen LogP contribution is -2.35. The smallest absolute Gasteiger partial charge is 0.00438 e. The van der Waals surface area contributed by atoms with Crippen LogP contribution in [0.4, 0.5) is 0 Å². The third-order valence-corrected chi connectivity index (χ3v) is 5.75. The van der Waals surface area contributed by atoms with E-state index in [9.17, 15) is 0 Å². The summed E-state index contributed by atoms with van der Waals surface area (Å²) >= 11 is 0. The van der Waals surface area contributed by atoms with Crippen LogP contribution in [0.1, 0.15) is 47.0 Å². The number of nitrogens with zero attached hydrogens (tertiary/aromatic N) is 1. The van der Waals surface area contributed by atoms with Gasteiger partial charge in [-0.25, -0.2) is 0 Å². The molecule has 1 saturated heterocycles. The molecular weight excluding hydrogens is 182 g/mol. The molecule has 3 unspecified atom stereocenters. The second-order valence-electron chi connectivity index (χ2n) is 7.38. The van der Waals surface area contributed by atoms with E-state index in [-0.39, 0.29) is 0 Å². The van der Waals surface area contributed by atoms with Gasteiger partial charge in [0.05, 0.1) is 0 Å². The molecule has 0 aromatic rings. The lowest BCUT2D eigenvalue weighted by molar-refractivity contribution is 0.134. The monoisotopic (exact) mass is 207 g/mol. The summed E-state index contributed by atoms with van der Waals surface area (Å²) in [4.78, 5) is 2.71. The van der Waals surface area contributed by atoms with Crippen molar-refractivity contribution >= 4 is 0 Å². The van der Waals surface area contributed by atoms with Gasteiger partial charge in [0.1, 0.15) is 0 Å². The highest BCUT2D eigenvalue weighted by atomic mass is 15.2. The molecule has 3 rings (SSSR count). The van der Waals surface area contributed by atoms with Gasteiger partial charge in [0.15, 0.2) is 0 Å². The van der Waals surface area contributed by atoms with E-state index in [1.54, 1.807) is 0 Å². The molecule has 0 radical (unpaired) electrons. The van der Waals surface area contributed by atoms with E-state index >= 15 is 0 Å². The molecule has 2 aliphatic carbocycles. The van der Waals surface area contributed by atoms with Crippen LogP contribution in [0.15, 0.2) is 0 Å². The molecule has 1 nitrogen and oxygen atoms in total. The van der Waals surface area contributed by atoms with Gasteiger partial charge < -0.3 is 4.90 Å². The molecule has 3 aliphatic rings. The predicted octanol–water partition coefficient (Wildman–Crippen LogP) is 3.15. The molecule has 0 amide bonds. The molecule has 86 valence electrons. The number of hydrogen-bond donors (Lipinski definition) is 0. The number of rotatable bonds is 2. The fourth-order valence-corrected chi connectivity index (χ4v) is 4.80. The van der Waals surface area contributed by atoms with Gasteiger partial charge in [-0.2, -0.15) is 0 Å². The van der Waals surface area contributed by atoms with Gasteiger partial charge in [-0.05, 0) is 54.5 Å². The lowest BCUT2D eigenvalue weighted by Gasteiger charge is -2.35. The van der Waals surface area contributed by atoms with Gasteiger partial charge in [-0.1, -0.05) is 27.7 Å². The summed E-state index contributed by atoms with van der Waals surface area (Å²) in [5, 5.41) is 0. The van der Waals surface area contributed by atoms with E-state index in [0.717, 1.165) is 11.3 Å². The maximum atomic E-state index is 2.71. The zero-order valence-corrected chi connectivity index (χ0v) is 10.8. The van der Waals surface area contributed by atoms with Crippen LogP contribution in [0.5, 0.6) is 0 Å². The van der Waals surface area contributed by atoms with E-state index < -0.39 is 0 Å². The molecule has 1 aliphatic heterocycles. The molecule has 0 N–H and O–H groups in total. The third kappa shape index (κ3) is 1.08. The lowest BCUT2D eigenvalue weighted by atomic mass is 9.74. The van der Waals surface area contributed by atoms with E-state index in [4.69, 9.17) is 0 Å². The van der Waals surface area contributed by atoms with E-state index in [1.807, 2.05) is 0 Å². The van der Waals surface area contributed by atoms with Crippen molar-refractivity contribution < 1.29 is 0 Å². The minimum atomic E-state index is 0.534. The van der Waals surface area contributed by atoms with Gasteiger partial charge in [-0.3, -0.25) is 0 Å². The molecule has 1 heterocycles. The Morgan fingerprint density at radius 3 is 2.20 bits per heavy atom. The van der Waals surface area contributed by atoms with Crippen LogP contribution < -0.4 is 0 Å². The SMILES string of the molecule is CC(C)(C)C12CC1C2(C)CN1CCCC1. The maximum Gasteiger partial charge on any atom is 0.00438 e. The first-order valence-corrected chi connectivity index (χ1v) is 6.64. The third-order valence-electron chi connectivity index (χ3n) is 5.75. The Balaban J connectivity index is 1.69. The molecule has 0 aromatic heterocycles. The highest BCUT2D eigenvalue weighted by molar-refractivity contribution is 5.36. The molecule has 0 spiro atoms. The van der Waals surface area contributed by atoms with E-state index in [0.29, 0.717) is 10.8 Å². The molecule has 1 heteroatoms. The van der Waals surface area contributed by atoms with Crippen LogP contribution in [0.2, 0.25) is 0 Å². The Bertz CT molecular complexity index is 284. The fourth-order valence-electron chi connectivity index (χ4n) is 4.80. The van der Waals surface area contributed by atoms with Crippen LogP contribution >= 0.6 is 0 Å². The van der Waals surface area contributed by atoms with Gasteiger partial charge in [0.25, 0.3) is 0 Å². The minimum absolute atomic E-state index is 0.534. The highest BCUT2D eigenvalue weighted by Gasteiger charge is 2.89. The summed E-state index contributed by atoms with van der Waals surface area (Å²) in [7, 11) is 0. The standard InChI is InChI=1S/C14H25N/c1-12(2,3)14-9-11(14)13(14,4)10-15-7-5-6-8-15/h11H,5-10H2,1-4H3. The molecule has 15 heavy (non-hydrogen) atoms. The van der Waals surface area contributed by atoms with Crippen molar-refractivity contribution in [1.29, 1.82) is 0 Å². The molecule has 2 saturated carbocycles. The summed E-state index contributed by atoms with van der Waals surface area (Å²) in [6.45, 7) is 14.0. The van der Waals surface area contributed by atoms with Crippen LogP contribution in [0.25, 0.3) is 0 Å². The molecule has 3 atom stereocenters. The van der Waals surface area contributed by atoms with Crippen molar-refractivity contribution in [1.82, 2.24) is 4.90 Å². The molecule has 0 aromatic carbocycles. The topological polar surface area (TPSA) is 3.24 Å². The van der Waals surface area contributed by atoms with Crippen molar-refractivity contribution in [2.75, 3.05) is 19.6 Å². The van der Waals surface area contributed by atoms with Crippen molar-refractivity contribution in [3.05, 3.63) is 0 Å². The predicted molar refractivity (Wildman–Crippen MR) is 63.8 cm³/mol. The normalized spacial score (nSPS) is 49.2. The van der Waals surface area contributed by atoms with Crippen molar-refractivity contribution in [2.45, 2.75) is 47.0 Å². The zero-order chi connectivity index (χ0) is 10.9. The fraction of sp³-hybridized carbons (Fsp3) is 1.00. The maximum absolute atomic E-state index is 2.71. The van der Waals surface area contributed by atoms with Gasteiger partial charge in [0.2, 0.25) is 0 Å². The number of hydrogen-bond acceptors (Lipinski definition) is 1. The average Bonchev–Trinajstić information content (AvgIpc) is 2.92. The highest BCUT2D eigenvalue weighted by Crippen LogP contribution is 2.93. The zero-order valence-electron chi connectivity index (χ0n) is 10.8.